The van der Waals surface area contributed by atoms with E-state index in [9.17, 15) is 9.35 Å². The third-order valence-corrected chi connectivity index (χ3v) is 6.26. The van der Waals surface area contributed by atoms with Crippen LogP contribution in [0.3, 0.4) is 0 Å². The van der Waals surface area contributed by atoms with Gasteiger partial charge in [0.15, 0.2) is 0 Å². The van der Waals surface area contributed by atoms with Gasteiger partial charge in [0, 0.05) is 29.9 Å². The van der Waals surface area contributed by atoms with Crippen molar-refractivity contribution in [2.75, 3.05) is 19.7 Å². The molecular weight excluding hydrogens is 304 g/mol. The molecule has 0 bridgehead atoms. The Morgan fingerprint density at radius 1 is 1.36 bits per heavy atom. The monoisotopic (exact) mass is 332 g/mol. The van der Waals surface area contributed by atoms with Gasteiger partial charge in [0.05, 0.1) is 18.2 Å². The van der Waals surface area contributed by atoms with Crippen LogP contribution in [-0.2, 0) is 16.1 Å². The molecule has 2 N–H and O–H groups in total. The molecular formula is C15H28N2O4S. The molecule has 1 amide bonds. The van der Waals surface area contributed by atoms with E-state index in [2.05, 4.69) is 18.6 Å². The van der Waals surface area contributed by atoms with Crippen LogP contribution in [0.5, 0.6) is 0 Å². The topological polar surface area (TPSA) is 84.9 Å². The Hall–Kier alpha value is -0.500. The van der Waals surface area contributed by atoms with E-state index in [-0.39, 0.29) is 16.2 Å². The Bertz CT molecular complexity index is 428. The summed E-state index contributed by atoms with van der Waals surface area (Å²) >= 11 is -1.18. The lowest BCUT2D eigenvalue weighted by molar-refractivity contribution is -0.0493. The van der Waals surface area contributed by atoms with Crippen molar-refractivity contribution in [3.63, 3.8) is 0 Å². The van der Waals surface area contributed by atoms with E-state index in [0.29, 0.717) is 32.5 Å². The smallest absolute Gasteiger partial charge is 0.407 e. The zero-order chi connectivity index (χ0) is 16.8. The standard InChI is InChI=1S/C15H28N2O4S/c1-13(2,3)22(20)16-11-14(4,5)10-21-15(11)6-8-17(9-7-15)12(18)19/h11,16H,6-10H2,1-5H3,(H,18,19)/t11-,22-/m1/s1. The Balaban J connectivity index is 2.15. The lowest BCUT2D eigenvalue weighted by atomic mass is 9.75. The van der Waals surface area contributed by atoms with Crippen molar-refractivity contribution in [3.05, 3.63) is 0 Å². The Morgan fingerprint density at radius 2 is 1.91 bits per heavy atom. The normalized spacial score (nSPS) is 28.8. The van der Waals surface area contributed by atoms with Crippen LogP contribution < -0.4 is 4.72 Å². The summed E-state index contributed by atoms with van der Waals surface area (Å²) in [5.74, 6) is 0. The van der Waals surface area contributed by atoms with Gasteiger partial charge in [-0.1, -0.05) is 13.8 Å². The van der Waals surface area contributed by atoms with Gasteiger partial charge < -0.3 is 19.3 Å². The summed E-state index contributed by atoms with van der Waals surface area (Å²) in [6.07, 6.45) is 0.401. The molecule has 2 heterocycles. The molecule has 2 aliphatic heterocycles. The molecule has 2 atom stereocenters. The van der Waals surface area contributed by atoms with E-state index in [0.717, 1.165) is 0 Å². The van der Waals surface area contributed by atoms with Crippen LogP contribution in [0.25, 0.3) is 0 Å². The van der Waals surface area contributed by atoms with Crippen LogP contribution in [0.1, 0.15) is 47.5 Å². The first kappa shape index (κ1) is 17.8. The first-order chi connectivity index (χ1) is 9.98. The molecule has 0 radical (unpaired) electrons. The first-order valence-electron chi connectivity index (χ1n) is 7.78. The maximum Gasteiger partial charge on any atom is 0.407 e. The summed E-state index contributed by atoms with van der Waals surface area (Å²) in [6, 6.07) is -0.0454. The van der Waals surface area contributed by atoms with E-state index in [4.69, 9.17) is 9.84 Å². The second-order valence-electron chi connectivity index (χ2n) is 8.04. The maximum absolute atomic E-state index is 12.5. The molecule has 0 saturated carbocycles. The summed E-state index contributed by atoms with van der Waals surface area (Å²) in [4.78, 5) is 12.5. The lowest BCUT2D eigenvalue weighted by Crippen LogP contribution is -2.61. The van der Waals surface area contributed by atoms with Crippen LogP contribution in [0.2, 0.25) is 0 Å². The predicted molar refractivity (Wildman–Crippen MR) is 86.1 cm³/mol. The van der Waals surface area contributed by atoms with Gasteiger partial charge in [-0.3, -0.25) is 0 Å². The molecule has 2 fully saturated rings. The SMILES string of the molecule is CC1(C)COC2(CCN(C(=O)O)CC2)[C@@H]1N[S@+]([O-])C(C)(C)C. The number of carbonyl (C=O) groups is 1. The number of hydrogen-bond donors (Lipinski definition) is 2. The van der Waals surface area contributed by atoms with E-state index in [1.54, 1.807) is 0 Å². The van der Waals surface area contributed by atoms with Gasteiger partial charge in [0.2, 0.25) is 0 Å². The minimum Gasteiger partial charge on any atom is -0.598 e. The van der Waals surface area contributed by atoms with Crippen LogP contribution in [-0.4, -0.2) is 56.7 Å². The van der Waals surface area contributed by atoms with Crippen molar-refractivity contribution in [2.24, 2.45) is 5.41 Å². The summed E-state index contributed by atoms with van der Waals surface area (Å²) < 4.78 is 21.6. The number of carboxylic acid groups (broad SMARTS) is 1. The van der Waals surface area contributed by atoms with Crippen molar-refractivity contribution in [1.82, 2.24) is 9.62 Å². The van der Waals surface area contributed by atoms with Crippen molar-refractivity contribution >= 4 is 17.5 Å². The third kappa shape index (κ3) is 3.37. The second-order valence-corrected chi connectivity index (χ2v) is 10.0. The van der Waals surface area contributed by atoms with Crippen molar-refractivity contribution < 1.29 is 19.2 Å². The second kappa shape index (κ2) is 5.85. The molecule has 0 unspecified atom stereocenters. The van der Waals surface area contributed by atoms with Gasteiger partial charge in [0.1, 0.15) is 4.75 Å². The van der Waals surface area contributed by atoms with Crippen molar-refractivity contribution in [3.8, 4) is 0 Å². The number of nitrogens with one attached hydrogen (secondary N) is 1. The minimum atomic E-state index is -1.18. The van der Waals surface area contributed by atoms with E-state index < -0.39 is 23.1 Å². The number of ether oxygens (including phenoxy) is 1. The van der Waals surface area contributed by atoms with Crippen LogP contribution in [0.4, 0.5) is 4.79 Å². The molecule has 2 aliphatic rings. The Labute approximate surface area is 135 Å². The highest BCUT2D eigenvalue weighted by Gasteiger charge is 2.57. The van der Waals surface area contributed by atoms with E-state index >= 15 is 0 Å². The van der Waals surface area contributed by atoms with Gasteiger partial charge in [-0.15, -0.1) is 4.72 Å². The summed E-state index contributed by atoms with van der Waals surface area (Å²) in [5, 5.41) is 9.11. The van der Waals surface area contributed by atoms with Gasteiger partial charge >= 0.3 is 6.09 Å². The number of piperidine rings is 1. The average molecular weight is 332 g/mol. The van der Waals surface area contributed by atoms with E-state index in [1.807, 2.05) is 20.8 Å². The Morgan fingerprint density at radius 3 is 2.36 bits per heavy atom. The molecule has 22 heavy (non-hydrogen) atoms. The highest BCUT2D eigenvalue weighted by Crippen LogP contribution is 2.45. The quantitative estimate of drug-likeness (QED) is 0.755. The molecule has 7 heteroatoms. The fraction of sp³-hybridized carbons (Fsp3) is 0.933. The van der Waals surface area contributed by atoms with Gasteiger partial charge in [-0.2, -0.15) is 0 Å². The average Bonchev–Trinajstić information content (AvgIpc) is 2.63. The van der Waals surface area contributed by atoms with Crippen molar-refractivity contribution in [2.45, 2.75) is 63.9 Å². The molecule has 1 spiro atoms. The molecule has 2 saturated heterocycles. The minimum absolute atomic E-state index is 0.0454. The Kier molecular flexibility index (Phi) is 4.75. The van der Waals surface area contributed by atoms with Crippen molar-refractivity contribution in [1.29, 1.82) is 0 Å². The third-order valence-electron chi connectivity index (χ3n) is 4.70. The first-order valence-corrected chi connectivity index (χ1v) is 8.93. The predicted octanol–water partition coefficient (Wildman–Crippen LogP) is 1.98. The summed E-state index contributed by atoms with van der Waals surface area (Å²) in [7, 11) is 0. The molecule has 0 aromatic carbocycles. The zero-order valence-electron chi connectivity index (χ0n) is 14.1. The molecule has 128 valence electrons. The van der Waals surface area contributed by atoms with Gasteiger partial charge in [-0.05, 0) is 33.6 Å². The number of amides is 1. The number of hydrogen-bond acceptors (Lipinski definition) is 4. The summed E-state index contributed by atoms with van der Waals surface area (Å²) in [5.41, 5.74) is -0.553. The summed E-state index contributed by atoms with van der Waals surface area (Å²) in [6.45, 7) is 11.6. The fourth-order valence-corrected chi connectivity index (χ4v) is 4.37. The largest absolute Gasteiger partial charge is 0.598 e. The lowest BCUT2D eigenvalue weighted by Gasteiger charge is -2.44. The zero-order valence-corrected chi connectivity index (χ0v) is 15.0. The molecule has 0 aromatic heterocycles. The highest BCUT2D eigenvalue weighted by atomic mass is 32.2. The molecule has 0 aromatic rings. The highest BCUT2D eigenvalue weighted by molar-refractivity contribution is 7.90. The van der Waals surface area contributed by atoms with Crippen LogP contribution in [0.15, 0.2) is 0 Å². The van der Waals surface area contributed by atoms with Crippen LogP contribution >= 0.6 is 0 Å². The van der Waals surface area contributed by atoms with Crippen LogP contribution in [0, 0.1) is 5.41 Å². The number of rotatable bonds is 2. The fourth-order valence-electron chi connectivity index (χ4n) is 3.27. The number of likely N-dealkylation sites (tertiary alicyclic amines) is 1. The van der Waals surface area contributed by atoms with E-state index in [1.165, 1.54) is 4.90 Å². The maximum atomic E-state index is 12.5. The van der Waals surface area contributed by atoms with Gasteiger partial charge in [0.25, 0.3) is 0 Å². The molecule has 2 rings (SSSR count). The molecule has 6 nitrogen and oxygen atoms in total. The molecule has 0 aliphatic carbocycles. The van der Waals surface area contributed by atoms with Gasteiger partial charge in [-0.25, -0.2) is 4.79 Å². The number of nitrogens with zero attached hydrogens (tertiary/aromatic N) is 1.